The van der Waals surface area contributed by atoms with Gasteiger partial charge in [0.25, 0.3) is 5.91 Å². The minimum Gasteiger partial charge on any atom is -0.324 e. The van der Waals surface area contributed by atoms with Crippen molar-refractivity contribution in [1.82, 2.24) is 0 Å². The van der Waals surface area contributed by atoms with Crippen molar-refractivity contribution in [2.45, 2.75) is 19.5 Å². The first-order valence-electron chi connectivity index (χ1n) is 7.38. The number of halogens is 1. The first-order chi connectivity index (χ1) is 11.0. The molecular formula is C18H19BrN3O+. The molecule has 1 amide bonds. The second-order valence-corrected chi connectivity index (χ2v) is 6.43. The molecule has 1 unspecified atom stereocenters. The minimum absolute atomic E-state index is 0.0951. The molecule has 0 bridgehead atoms. The smallest absolute Gasteiger partial charge is 0.282 e. The Balaban J connectivity index is 2.01. The van der Waals surface area contributed by atoms with Crippen LogP contribution in [-0.4, -0.2) is 19.0 Å². The molecule has 0 aliphatic carbocycles. The lowest BCUT2D eigenvalue weighted by Gasteiger charge is -2.21. The number of likely N-dealkylation sites (N-methyl/N-ethyl adjacent to an activating group) is 1. The lowest BCUT2D eigenvalue weighted by atomic mass is 10.1. The maximum Gasteiger partial charge on any atom is 0.282 e. The number of quaternary nitrogens is 1. The van der Waals surface area contributed by atoms with Crippen molar-refractivity contribution in [2.75, 3.05) is 12.4 Å². The van der Waals surface area contributed by atoms with E-state index in [1.165, 1.54) is 5.56 Å². The van der Waals surface area contributed by atoms with Gasteiger partial charge in [-0.25, -0.2) is 0 Å². The van der Waals surface area contributed by atoms with Crippen LogP contribution < -0.4 is 10.2 Å². The number of hydrogen-bond donors (Lipinski definition) is 2. The largest absolute Gasteiger partial charge is 0.324 e. The van der Waals surface area contributed by atoms with Crippen LogP contribution in [0.3, 0.4) is 0 Å². The van der Waals surface area contributed by atoms with E-state index < -0.39 is 0 Å². The fraction of sp³-hybridized carbons (Fsp3) is 0.222. The van der Waals surface area contributed by atoms with Crippen molar-refractivity contribution in [2.24, 2.45) is 0 Å². The number of anilines is 1. The van der Waals surface area contributed by atoms with Gasteiger partial charge in [0.05, 0.1) is 18.3 Å². The molecule has 5 heteroatoms. The monoisotopic (exact) mass is 372 g/mol. The fourth-order valence-electron chi connectivity index (χ4n) is 2.23. The molecule has 2 atom stereocenters. The molecule has 0 spiro atoms. The van der Waals surface area contributed by atoms with Gasteiger partial charge in [-0.3, -0.25) is 4.79 Å². The van der Waals surface area contributed by atoms with Crippen molar-refractivity contribution in [3.63, 3.8) is 0 Å². The van der Waals surface area contributed by atoms with Crippen LogP contribution in [0.2, 0.25) is 0 Å². The van der Waals surface area contributed by atoms with Crippen LogP contribution in [0.5, 0.6) is 0 Å². The first kappa shape index (κ1) is 17.2. The molecule has 4 nitrogen and oxygen atoms in total. The second kappa shape index (κ2) is 7.91. The number of rotatable bonds is 5. The Labute approximate surface area is 144 Å². The summed E-state index contributed by atoms with van der Waals surface area (Å²) in [6.45, 7) is 2.64. The van der Waals surface area contributed by atoms with Crippen LogP contribution in [0.4, 0.5) is 5.69 Å². The molecule has 2 aromatic carbocycles. The zero-order chi connectivity index (χ0) is 16.8. The highest BCUT2D eigenvalue weighted by Gasteiger charge is 2.22. The lowest BCUT2D eigenvalue weighted by molar-refractivity contribution is -0.907. The summed E-state index contributed by atoms with van der Waals surface area (Å²) in [6, 6.07) is 17.0. The minimum atomic E-state index is -0.231. The number of amides is 1. The molecule has 0 aliphatic rings. The quantitative estimate of drug-likeness (QED) is 0.846. The van der Waals surface area contributed by atoms with Gasteiger partial charge in [0.1, 0.15) is 12.6 Å². The second-order valence-electron chi connectivity index (χ2n) is 5.52. The van der Waals surface area contributed by atoms with E-state index in [-0.39, 0.29) is 11.9 Å². The zero-order valence-corrected chi connectivity index (χ0v) is 14.7. The standard InChI is InChI=1S/C18H18BrN3O/c1-13(22(2)12-14-7-9-16(19)10-8-14)18(23)21-17-6-4-3-5-15(17)11-20/h3-10,13H,12H2,1-2H3,(H,21,23)/p+1/t13-/m0/s1. The molecule has 0 saturated heterocycles. The highest BCUT2D eigenvalue weighted by Crippen LogP contribution is 2.13. The predicted molar refractivity (Wildman–Crippen MR) is 94.0 cm³/mol. The predicted octanol–water partition coefficient (Wildman–Crippen LogP) is 2.36. The number of carbonyl (C=O) groups excluding carboxylic acids is 1. The van der Waals surface area contributed by atoms with Gasteiger partial charge in [-0.1, -0.05) is 40.2 Å². The Hall–Kier alpha value is -2.16. The third-order valence-electron chi connectivity index (χ3n) is 3.83. The topological polar surface area (TPSA) is 57.3 Å². The Kier molecular flexibility index (Phi) is 5.91. The molecule has 2 aromatic rings. The number of nitriles is 1. The summed E-state index contributed by atoms with van der Waals surface area (Å²) in [7, 11) is 1.99. The van der Waals surface area contributed by atoms with E-state index in [9.17, 15) is 4.79 Å². The first-order valence-corrected chi connectivity index (χ1v) is 8.17. The van der Waals surface area contributed by atoms with Crippen LogP contribution in [0.1, 0.15) is 18.1 Å². The molecule has 0 fully saturated rings. The van der Waals surface area contributed by atoms with E-state index in [1.807, 2.05) is 38.2 Å². The number of benzene rings is 2. The Morgan fingerprint density at radius 1 is 1.26 bits per heavy atom. The Bertz CT molecular complexity index is 722. The highest BCUT2D eigenvalue weighted by atomic mass is 79.9. The van der Waals surface area contributed by atoms with E-state index in [4.69, 9.17) is 5.26 Å². The third-order valence-corrected chi connectivity index (χ3v) is 4.36. The average molecular weight is 373 g/mol. The summed E-state index contributed by atoms with van der Waals surface area (Å²) >= 11 is 3.42. The molecule has 0 radical (unpaired) electrons. The molecular weight excluding hydrogens is 354 g/mol. The number of hydrogen-bond acceptors (Lipinski definition) is 2. The summed E-state index contributed by atoms with van der Waals surface area (Å²) in [4.78, 5) is 13.5. The van der Waals surface area contributed by atoms with Gasteiger partial charge in [-0.2, -0.15) is 5.26 Å². The summed E-state index contributed by atoms with van der Waals surface area (Å²) in [5, 5.41) is 11.9. The highest BCUT2D eigenvalue weighted by molar-refractivity contribution is 9.10. The van der Waals surface area contributed by atoms with Gasteiger partial charge in [-0.15, -0.1) is 0 Å². The van der Waals surface area contributed by atoms with Gasteiger partial charge in [-0.05, 0) is 31.2 Å². The molecule has 2 rings (SSSR count). The van der Waals surface area contributed by atoms with Crippen molar-refractivity contribution < 1.29 is 9.69 Å². The van der Waals surface area contributed by atoms with Gasteiger partial charge in [0.15, 0.2) is 6.04 Å². The van der Waals surface area contributed by atoms with E-state index >= 15 is 0 Å². The number of para-hydroxylation sites is 1. The maximum absolute atomic E-state index is 12.4. The summed E-state index contributed by atoms with van der Waals surface area (Å²) in [5.74, 6) is -0.0951. The van der Waals surface area contributed by atoms with Crippen LogP contribution in [0.25, 0.3) is 0 Å². The van der Waals surface area contributed by atoms with Gasteiger partial charge < -0.3 is 10.2 Å². The molecule has 0 aliphatic heterocycles. The van der Waals surface area contributed by atoms with E-state index in [2.05, 4.69) is 27.3 Å². The number of nitrogens with zero attached hydrogens (tertiary/aromatic N) is 1. The molecule has 118 valence electrons. The Morgan fingerprint density at radius 3 is 2.57 bits per heavy atom. The molecule has 0 heterocycles. The maximum atomic E-state index is 12.4. The van der Waals surface area contributed by atoms with Crippen LogP contribution in [-0.2, 0) is 11.3 Å². The molecule has 0 saturated carbocycles. The molecule has 23 heavy (non-hydrogen) atoms. The van der Waals surface area contributed by atoms with Crippen LogP contribution >= 0.6 is 15.9 Å². The van der Waals surface area contributed by atoms with Crippen molar-refractivity contribution in [3.05, 3.63) is 64.1 Å². The zero-order valence-electron chi connectivity index (χ0n) is 13.1. The van der Waals surface area contributed by atoms with Gasteiger partial charge in [0, 0.05) is 10.0 Å². The Morgan fingerprint density at radius 2 is 1.91 bits per heavy atom. The number of nitrogens with one attached hydrogen (secondary N) is 2. The van der Waals surface area contributed by atoms with E-state index in [1.54, 1.807) is 24.3 Å². The lowest BCUT2D eigenvalue weighted by Crippen LogP contribution is -3.12. The summed E-state index contributed by atoms with van der Waals surface area (Å²) in [5.41, 5.74) is 2.20. The SMILES string of the molecule is C[C@@H](C(=O)Nc1ccccc1C#N)[NH+](C)Cc1ccc(Br)cc1. The summed E-state index contributed by atoms with van der Waals surface area (Å²) in [6.07, 6.45) is 0. The normalized spacial score (nSPS) is 13.0. The molecule has 2 N–H and O–H groups in total. The number of carbonyl (C=O) groups is 1. The average Bonchev–Trinajstić information content (AvgIpc) is 2.56. The molecule has 0 aromatic heterocycles. The van der Waals surface area contributed by atoms with Gasteiger partial charge >= 0.3 is 0 Å². The van der Waals surface area contributed by atoms with Crippen LogP contribution in [0, 0.1) is 11.3 Å². The van der Waals surface area contributed by atoms with Gasteiger partial charge in [0.2, 0.25) is 0 Å². The van der Waals surface area contributed by atoms with Crippen molar-refractivity contribution >= 4 is 27.5 Å². The third kappa shape index (κ3) is 4.65. The van der Waals surface area contributed by atoms with Crippen molar-refractivity contribution in [1.29, 1.82) is 5.26 Å². The van der Waals surface area contributed by atoms with Crippen molar-refractivity contribution in [3.8, 4) is 6.07 Å². The fourth-order valence-corrected chi connectivity index (χ4v) is 2.50. The van der Waals surface area contributed by atoms with E-state index in [0.717, 1.165) is 15.9 Å². The van der Waals surface area contributed by atoms with E-state index in [0.29, 0.717) is 11.3 Å². The summed E-state index contributed by atoms with van der Waals surface area (Å²) < 4.78 is 1.04. The van der Waals surface area contributed by atoms with Crippen LogP contribution in [0.15, 0.2) is 53.0 Å².